The van der Waals surface area contributed by atoms with E-state index in [1.54, 1.807) is 6.07 Å². The van der Waals surface area contributed by atoms with Crippen LogP contribution < -0.4 is 5.56 Å². The van der Waals surface area contributed by atoms with Crippen LogP contribution in [0.15, 0.2) is 59.5 Å². The molecule has 0 radical (unpaired) electrons. The van der Waals surface area contributed by atoms with Gasteiger partial charge in [0.1, 0.15) is 5.65 Å². The summed E-state index contributed by atoms with van der Waals surface area (Å²) in [6.45, 7) is 1.96. The smallest absolute Gasteiger partial charge is 0.252 e. The van der Waals surface area contributed by atoms with Crippen LogP contribution in [0.1, 0.15) is 37.3 Å². The van der Waals surface area contributed by atoms with Crippen LogP contribution in [0.25, 0.3) is 44.2 Å². The topological polar surface area (TPSA) is 63.6 Å². The molecule has 0 aliphatic heterocycles. The molecular weight excluding hydrogens is 372 g/mol. The lowest BCUT2D eigenvalue weighted by Gasteiger charge is -2.17. The van der Waals surface area contributed by atoms with Crippen LogP contribution in [-0.4, -0.2) is 19.5 Å². The van der Waals surface area contributed by atoms with E-state index in [4.69, 9.17) is 4.98 Å². The number of H-pyrrole nitrogens is 1. The fourth-order valence-corrected chi connectivity index (χ4v) is 4.91. The Morgan fingerprint density at radius 2 is 1.77 bits per heavy atom. The number of nitrogens with one attached hydrogen (secondary N) is 1. The first kappa shape index (κ1) is 17.4. The Balaban J connectivity index is 1.58. The Morgan fingerprint density at radius 3 is 2.63 bits per heavy atom. The molecule has 2 aromatic carbocycles. The lowest BCUT2D eigenvalue weighted by Crippen LogP contribution is -2.24. The lowest BCUT2D eigenvalue weighted by atomic mass is 10.1. The molecule has 30 heavy (non-hydrogen) atoms. The molecule has 6 rings (SSSR count). The van der Waals surface area contributed by atoms with Crippen molar-refractivity contribution in [2.45, 2.75) is 38.6 Å². The predicted octanol–water partition coefficient (Wildman–Crippen LogP) is 5.52. The number of hydrogen-bond acceptors (Lipinski definition) is 3. The summed E-state index contributed by atoms with van der Waals surface area (Å²) in [5.41, 5.74) is 4.91. The van der Waals surface area contributed by atoms with Gasteiger partial charge in [0.25, 0.3) is 5.56 Å². The highest BCUT2D eigenvalue weighted by atomic mass is 16.1. The van der Waals surface area contributed by atoms with E-state index in [2.05, 4.69) is 40.3 Å². The van der Waals surface area contributed by atoms with Crippen LogP contribution >= 0.6 is 0 Å². The summed E-state index contributed by atoms with van der Waals surface area (Å²) < 4.78 is 1.91. The Bertz CT molecular complexity index is 1490. The fourth-order valence-electron chi connectivity index (χ4n) is 4.91. The Hall–Kier alpha value is -3.47. The second kappa shape index (κ2) is 6.52. The zero-order valence-electron chi connectivity index (χ0n) is 16.9. The Kier molecular flexibility index (Phi) is 3.78. The van der Waals surface area contributed by atoms with Gasteiger partial charge >= 0.3 is 0 Å². The molecular formula is C25H22N4O. The fraction of sp³-hybridized carbons (Fsp3) is 0.240. The van der Waals surface area contributed by atoms with Gasteiger partial charge < -0.3 is 4.98 Å². The first-order chi connectivity index (χ1) is 14.7. The number of aromatic amines is 1. The number of nitrogens with zero attached hydrogens (tertiary/aromatic N) is 3. The molecule has 0 saturated heterocycles. The summed E-state index contributed by atoms with van der Waals surface area (Å²) >= 11 is 0. The SMILES string of the molecule is Cc1cc(=O)n(C2CCCC2)c2nc(-c3ccc4[nH]c5ccccc5c4c3)ncc12. The highest BCUT2D eigenvalue weighted by Gasteiger charge is 2.22. The second-order valence-electron chi connectivity index (χ2n) is 8.34. The van der Waals surface area contributed by atoms with E-state index in [1.165, 1.54) is 18.2 Å². The molecule has 0 bridgehead atoms. The van der Waals surface area contributed by atoms with E-state index in [9.17, 15) is 4.79 Å². The van der Waals surface area contributed by atoms with Crippen LogP contribution in [0, 0.1) is 6.92 Å². The maximum atomic E-state index is 12.9. The number of fused-ring (bicyclic) bond motifs is 4. The third-order valence-electron chi connectivity index (χ3n) is 6.45. The van der Waals surface area contributed by atoms with E-state index in [-0.39, 0.29) is 11.6 Å². The average molecular weight is 394 g/mol. The van der Waals surface area contributed by atoms with Crippen molar-refractivity contribution in [2.75, 3.05) is 0 Å². The predicted molar refractivity (Wildman–Crippen MR) is 121 cm³/mol. The van der Waals surface area contributed by atoms with Gasteiger partial charge in [-0.2, -0.15) is 0 Å². The van der Waals surface area contributed by atoms with Gasteiger partial charge in [0.2, 0.25) is 0 Å². The molecule has 0 spiro atoms. The summed E-state index contributed by atoms with van der Waals surface area (Å²) in [4.78, 5) is 25.9. The maximum absolute atomic E-state index is 12.9. The Labute approximate surface area is 173 Å². The summed E-state index contributed by atoms with van der Waals surface area (Å²) in [6, 6.07) is 16.5. The van der Waals surface area contributed by atoms with Crippen molar-refractivity contribution >= 4 is 32.8 Å². The first-order valence-electron chi connectivity index (χ1n) is 10.6. The van der Waals surface area contributed by atoms with Crippen LogP contribution in [0.2, 0.25) is 0 Å². The van der Waals surface area contributed by atoms with Gasteiger partial charge in [-0.05, 0) is 49.6 Å². The number of aromatic nitrogens is 4. The normalized spacial score (nSPS) is 15.0. The standard InChI is InChI=1S/C25H22N4O/c1-15-12-23(30)29(17-6-2-3-7-17)25-20(15)14-26-24(28-25)16-10-11-22-19(13-16)18-8-4-5-9-21(18)27-22/h4-5,8-14,17,27H,2-3,6-7H2,1H3. The minimum absolute atomic E-state index is 0.0450. The van der Waals surface area contributed by atoms with Gasteiger partial charge in [-0.15, -0.1) is 0 Å². The van der Waals surface area contributed by atoms with Gasteiger partial charge in [0, 0.05) is 51.1 Å². The number of para-hydroxylation sites is 1. The summed E-state index contributed by atoms with van der Waals surface area (Å²) in [6.07, 6.45) is 6.29. The summed E-state index contributed by atoms with van der Waals surface area (Å²) in [7, 11) is 0. The molecule has 0 amide bonds. The van der Waals surface area contributed by atoms with Crippen LogP contribution in [-0.2, 0) is 0 Å². The first-order valence-corrected chi connectivity index (χ1v) is 10.6. The van der Waals surface area contributed by atoms with E-state index in [1.807, 2.05) is 29.8 Å². The lowest BCUT2D eigenvalue weighted by molar-refractivity contribution is 0.515. The molecule has 1 aliphatic rings. The Morgan fingerprint density at radius 1 is 0.967 bits per heavy atom. The number of rotatable bonds is 2. The largest absolute Gasteiger partial charge is 0.355 e. The molecule has 1 aliphatic carbocycles. The van der Waals surface area contributed by atoms with E-state index >= 15 is 0 Å². The average Bonchev–Trinajstić information content (AvgIpc) is 3.41. The molecule has 5 nitrogen and oxygen atoms in total. The third kappa shape index (κ3) is 2.58. The van der Waals surface area contributed by atoms with Crippen molar-refractivity contribution in [1.82, 2.24) is 19.5 Å². The molecule has 1 saturated carbocycles. The van der Waals surface area contributed by atoms with Crippen molar-refractivity contribution in [1.29, 1.82) is 0 Å². The third-order valence-corrected chi connectivity index (χ3v) is 6.45. The van der Waals surface area contributed by atoms with Crippen molar-refractivity contribution < 1.29 is 0 Å². The minimum Gasteiger partial charge on any atom is -0.355 e. The van der Waals surface area contributed by atoms with E-state index in [0.717, 1.165) is 51.4 Å². The highest BCUT2D eigenvalue weighted by molar-refractivity contribution is 6.08. The number of benzene rings is 2. The summed E-state index contributed by atoms with van der Waals surface area (Å²) in [5.74, 6) is 0.659. The summed E-state index contributed by atoms with van der Waals surface area (Å²) in [5, 5.41) is 3.30. The van der Waals surface area contributed by atoms with Crippen molar-refractivity contribution in [3.8, 4) is 11.4 Å². The van der Waals surface area contributed by atoms with E-state index in [0.29, 0.717) is 5.82 Å². The van der Waals surface area contributed by atoms with Gasteiger partial charge in [0.15, 0.2) is 5.82 Å². The molecule has 5 aromatic rings. The molecule has 3 heterocycles. The van der Waals surface area contributed by atoms with Gasteiger partial charge in [-0.25, -0.2) is 9.97 Å². The molecule has 1 fully saturated rings. The van der Waals surface area contributed by atoms with Gasteiger partial charge in [-0.3, -0.25) is 9.36 Å². The number of hydrogen-bond donors (Lipinski definition) is 1. The van der Waals surface area contributed by atoms with Crippen molar-refractivity contribution in [2.24, 2.45) is 0 Å². The molecule has 0 unspecified atom stereocenters. The molecule has 1 N–H and O–H groups in total. The highest BCUT2D eigenvalue weighted by Crippen LogP contribution is 2.32. The van der Waals surface area contributed by atoms with E-state index < -0.39 is 0 Å². The van der Waals surface area contributed by atoms with Crippen LogP contribution in [0.5, 0.6) is 0 Å². The zero-order chi connectivity index (χ0) is 20.2. The maximum Gasteiger partial charge on any atom is 0.252 e. The molecule has 0 atom stereocenters. The minimum atomic E-state index is 0.0450. The molecule has 5 heteroatoms. The molecule has 3 aromatic heterocycles. The number of aryl methyl sites for hydroxylation is 1. The monoisotopic (exact) mass is 394 g/mol. The van der Waals surface area contributed by atoms with Gasteiger partial charge in [-0.1, -0.05) is 31.0 Å². The van der Waals surface area contributed by atoms with Crippen molar-refractivity contribution in [3.63, 3.8) is 0 Å². The van der Waals surface area contributed by atoms with Crippen LogP contribution in [0.3, 0.4) is 0 Å². The van der Waals surface area contributed by atoms with Crippen molar-refractivity contribution in [3.05, 3.63) is 70.6 Å². The molecule has 148 valence electrons. The second-order valence-corrected chi connectivity index (χ2v) is 8.34. The zero-order valence-corrected chi connectivity index (χ0v) is 16.9. The quantitative estimate of drug-likeness (QED) is 0.429. The number of pyridine rings is 1. The van der Waals surface area contributed by atoms with Crippen LogP contribution in [0.4, 0.5) is 0 Å². The van der Waals surface area contributed by atoms with Gasteiger partial charge in [0.05, 0.1) is 0 Å².